The van der Waals surface area contributed by atoms with Gasteiger partial charge in [-0.2, -0.15) is 0 Å². The molecule has 0 aromatic heterocycles. The predicted molar refractivity (Wildman–Crippen MR) is 184 cm³/mol. The lowest BCUT2D eigenvalue weighted by molar-refractivity contribution is 0.770. The van der Waals surface area contributed by atoms with Crippen LogP contribution in [0.5, 0.6) is 0 Å². The molecule has 1 atom stereocenters. The van der Waals surface area contributed by atoms with Gasteiger partial charge in [0.1, 0.15) is 0 Å². The fourth-order valence-corrected chi connectivity index (χ4v) is 8.21. The maximum atomic E-state index is 5.10. The number of hydrogen-bond acceptors (Lipinski definition) is 1. The SMILES string of the molecule is c1ccc(C2(c3cc4ccc5cccc6ccc(c3)c4c56)c3ccccc3-c3ccc(C4=Nc5ccccc5C4)cc32)cc1. The summed E-state index contributed by atoms with van der Waals surface area (Å²) in [6.45, 7) is 0. The Kier molecular flexibility index (Phi) is 4.77. The Hall–Kier alpha value is -5.53. The van der Waals surface area contributed by atoms with Crippen LogP contribution in [0.3, 0.4) is 0 Å². The quantitative estimate of drug-likeness (QED) is 0.192. The number of rotatable bonds is 3. The van der Waals surface area contributed by atoms with Crippen LogP contribution in [0.2, 0.25) is 0 Å². The summed E-state index contributed by atoms with van der Waals surface area (Å²) in [7, 11) is 0. The van der Waals surface area contributed by atoms with Gasteiger partial charge in [0.05, 0.1) is 16.8 Å². The summed E-state index contributed by atoms with van der Waals surface area (Å²) in [4.78, 5) is 5.10. The predicted octanol–water partition coefficient (Wildman–Crippen LogP) is 10.6. The minimum Gasteiger partial charge on any atom is -0.252 e. The van der Waals surface area contributed by atoms with Crippen molar-refractivity contribution in [3.05, 3.63) is 185 Å². The summed E-state index contributed by atoms with van der Waals surface area (Å²) < 4.78 is 0. The van der Waals surface area contributed by atoms with E-state index < -0.39 is 5.41 Å². The molecule has 0 saturated heterocycles. The fraction of sp³-hybridized carbons (Fsp3) is 0.0465. The van der Waals surface area contributed by atoms with Gasteiger partial charge in [-0.25, -0.2) is 0 Å². The molecule has 8 aromatic rings. The van der Waals surface area contributed by atoms with E-state index in [0.29, 0.717) is 0 Å². The van der Waals surface area contributed by atoms with Crippen molar-refractivity contribution in [3.63, 3.8) is 0 Å². The Labute approximate surface area is 256 Å². The zero-order valence-electron chi connectivity index (χ0n) is 24.1. The van der Waals surface area contributed by atoms with E-state index in [4.69, 9.17) is 4.99 Å². The highest BCUT2D eigenvalue weighted by atomic mass is 14.8. The molecule has 10 rings (SSSR count). The van der Waals surface area contributed by atoms with Gasteiger partial charge < -0.3 is 0 Å². The molecule has 1 unspecified atom stereocenters. The first kappa shape index (κ1) is 24.0. The summed E-state index contributed by atoms with van der Waals surface area (Å²) in [5.74, 6) is 0. The molecule has 1 heteroatoms. The highest BCUT2D eigenvalue weighted by Gasteiger charge is 2.46. The van der Waals surface area contributed by atoms with E-state index in [9.17, 15) is 0 Å². The number of hydrogen-bond donors (Lipinski definition) is 0. The lowest BCUT2D eigenvalue weighted by atomic mass is 9.67. The standard InChI is InChI=1S/C43H27N/c1-2-12-33(13-3-1)43(34-23-31-19-17-27-10-8-11-28-18-20-32(24-34)42(31)41(27)28)37-15-6-5-14-35(37)36-22-21-30(25-38(36)43)40-26-29-9-4-7-16-39(29)44-40/h1-25H,26H2. The minimum absolute atomic E-state index is 0.473. The van der Waals surface area contributed by atoms with Crippen LogP contribution >= 0.6 is 0 Å². The summed E-state index contributed by atoms with van der Waals surface area (Å²) in [6.07, 6.45) is 0.862. The molecule has 0 fully saturated rings. The molecule has 1 aliphatic heterocycles. The van der Waals surface area contributed by atoms with Gasteiger partial charge in [0.15, 0.2) is 0 Å². The van der Waals surface area contributed by atoms with Gasteiger partial charge in [0.2, 0.25) is 0 Å². The van der Waals surface area contributed by atoms with Gasteiger partial charge in [-0.3, -0.25) is 4.99 Å². The van der Waals surface area contributed by atoms with E-state index in [-0.39, 0.29) is 0 Å². The molecule has 44 heavy (non-hydrogen) atoms. The van der Waals surface area contributed by atoms with E-state index in [1.54, 1.807) is 0 Å². The van der Waals surface area contributed by atoms with Crippen molar-refractivity contribution in [2.24, 2.45) is 4.99 Å². The molecule has 1 heterocycles. The summed E-state index contributed by atoms with van der Waals surface area (Å²) in [6, 6.07) is 56.5. The third-order valence-corrected chi connectivity index (χ3v) is 10.1. The molecule has 0 spiro atoms. The van der Waals surface area contributed by atoms with E-state index in [1.165, 1.54) is 76.8 Å². The molecule has 8 aromatic carbocycles. The number of aliphatic imine (C=N–C) groups is 1. The van der Waals surface area contributed by atoms with E-state index in [1.807, 2.05) is 0 Å². The van der Waals surface area contributed by atoms with Crippen molar-refractivity contribution in [1.29, 1.82) is 0 Å². The average molecular weight is 558 g/mol. The van der Waals surface area contributed by atoms with Crippen LogP contribution < -0.4 is 0 Å². The van der Waals surface area contributed by atoms with Gasteiger partial charge in [0, 0.05) is 6.42 Å². The van der Waals surface area contributed by atoms with Crippen LogP contribution in [-0.4, -0.2) is 5.71 Å². The van der Waals surface area contributed by atoms with Crippen molar-refractivity contribution < 1.29 is 0 Å². The van der Waals surface area contributed by atoms with Gasteiger partial charge in [-0.05, 0) is 101 Å². The molecule has 0 bridgehead atoms. The molecule has 1 aliphatic carbocycles. The Morgan fingerprint density at radius 2 is 1.11 bits per heavy atom. The van der Waals surface area contributed by atoms with Crippen LogP contribution in [0.25, 0.3) is 43.4 Å². The topological polar surface area (TPSA) is 12.4 Å². The summed E-state index contributed by atoms with van der Waals surface area (Å²) in [5.41, 5.74) is 12.1. The number of benzene rings is 8. The lowest BCUT2D eigenvalue weighted by Crippen LogP contribution is -2.29. The molecular formula is C43H27N. The number of fused-ring (bicyclic) bond motifs is 4. The van der Waals surface area contributed by atoms with Crippen molar-refractivity contribution >= 4 is 43.7 Å². The normalized spacial score (nSPS) is 16.8. The second-order valence-electron chi connectivity index (χ2n) is 12.3. The number of para-hydroxylation sites is 1. The molecule has 0 radical (unpaired) electrons. The Bertz CT molecular complexity index is 2400. The van der Waals surface area contributed by atoms with Crippen LogP contribution in [0.4, 0.5) is 5.69 Å². The Balaban J connectivity index is 1.30. The van der Waals surface area contributed by atoms with E-state index in [0.717, 1.165) is 17.8 Å². The first-order valence-corrected chi connectivity index (χ1v) is 15.4. The van der Waals surface area contributed by atoms with Crippen LogP contribution in [-0.2, 0) is 11.8 Å². The molecule has 0 saturated carbocycles. The maximum Gasteiger partial charge on any atom is 0.0714 e. The van der Waals surface area contributed by atoms with E-state index in [2.05, 4.69) is 152 Å². The Morgan fingerprint density at radius 1 is 0.455 bits per heavy atom. The third kappa shape index (κ3) is 3.11. The first-order valence-electron chi connectivity index (χ1n) is 15.4. The van der Waals surface area contributed by atoms with Crippen molar-refractivity contribution in [1.82, 2.24) is 0 Å². The smallest absolute Gasteiger partial charge is 0.0714 e. The van der Waals surface area contributed by atoms with Gasteiger partial charge in [-0.1, -0.05) is 127 Å². The monoisotopic (exact) mass is 557 g/mol. The fourth-order valence-electron chi connectivity index (χ4n) is 8.21. The minimum atomic E-state index is -0.473. The zero-order chi connectivity index (χ0) is 28.8. The van der Waals surface area contributed by atoms with Crippen molar-refractivity contribution in [2.45, 2.75) is 11.8 Å². The average Bonchev–Trinajstić information content (AvgIpc) is 3.65. The van der Waals surface area contributed by atoms with E-state index >= 15 is 0 Å². The van der Waals surface area contributed by atoms with Gasteiger partial charge in [-0.15, -0.1) is 0 Å². The zero-order valence-corrected chi connectivity index (χ0v) is 24.1. The van der Waals surface area contributed by atoms with Crippen molar-refractivity contribution in [3.8, 4) is 11.1 Å². The highest BCUT2D eigenvalue weighted by Crippen LogP contribution is 2.57. The molecule has 1 nitrogen and oxygen atoms in total. The second-order valence-corrected chi connectivity index (χ2v) is 12.3. The second kappa shape index (κ2) is 8.75. The maximum absolute atomic E-state index is 5.10. The molecular weight excluding hydrogens is 530 g/mol. The molecule has 204 valence electrons. The highest BCUT2D eigenvalue weighted by molar-refractivity contribution is 6.23. The largest absolute Gasteiger partial charge is 0.252 e. The third-order valence-electron chi connectivity index (χ3n) is 10.1. The van der Waals surface area contributed by atoms with Gasteiger partial charge in [0.25, 0.3) is 0 Å². The molecule has 0 amide bonds. The first-order chi connectivity index (χ1) is 21.8. The lowest BCUT2D eigenvalue weighted by Gasteiger charge is -2.34. The summed E-state index contributed by atoms with van der Waals surface area (Å²) >= 11 is 0. The van der Waals surface area contributed by atoms with Crippen LogP contribution in [0.15, 0.2) is 157 Å². The van der Waals surface area contributed by atoms with Crippen LogP contribution in [0.1, 0.15) is 33.4 Å². The molecule has 0 N–H and O–H groups in total. The van der Waals surface area contributed by atoms with Crippen LogP contribution in [0, 0.1) is 0 Å². The van der Waals surface area contributed by atoms with Gasteiger partial charge >= 0.3 is 0 Å². The Morgan fingerprint density at radius 3 is 1.91 bits per heavy atom. The van der Waals surface area contributed by atoms with Crippen molar-refractivity contribution in [2.75, 3.05) is 0 Å². The summed E-state index contributed by atoms with van der Waals surface area (Å²) in [5, 5.41) is 7.88. The number of nitrogens with zero attached hydrogens (tertiary/aromatic N) is 1. The molecule has 2 aliphatic rings.